The third kappa shape index (κ3) is 1.55. The van der Waals surface area contributed by atoms with Crippen LogP contribution in [0.5, 0.6) is 11.5 Å². The van der Waals surface area contributed by atoms with Crippen LogP contribution in [0, 0.1) is 0 Å². The highest BCUT2D eigenvalue weighted by Crippen LogP contribution is 2.45. The molecule has 0 atom stereocenters. The van der Waals surface area contributed by atoms with Crippen molar-refractivity contribution in [3.8, 4) is 11.5 Å². The van der Waals surface area contributed by atoms with Crippen molar-refractivity contribution in [1.29, 1.82) is 0 Å². The minimum Gasteiger partial charge on any atom is -0.448 e. The van der Waals surface area contributed by atoms with Crippen molar-refractivity contribution in [3.05, 3.63) is 23.8 Å². The number of ether oxygens (including phenoxy) is 2. The van der Waals surface area contributed by atoms with Crippen LogP contribution in [0.1, 0.15) is 37.7 Å². The summed E-state index contributed by atoms with van der Waals surface area (Å²) in [4.78, 5) is 0. The lowest BCUT2D eigenvalue weighted by Crippen LogP contribution is -2.40. The molecule has 3 nitrogen and oxygen atoms in total. The molecule has 1 aromatic carbocycles. The Kier molecular flexibility index (Phi) is 2.28. The Morgan fingerprint density at radius 2 is 1.81 bits per heavy atom. The van der Waals surface area contributed by atoms with Crippen LogP contribution < -0.4 is 15.2 Å². The molecule has 2 aliphatic rings. The van der Waals surface area contributed by atoms with E-state index in [9.17, 15) is 0 Å². The first-order valence-corrected chi connectivity index (χ1v) is 6.02. The predicted molar refractivity (Wildman–Crippen MR) is 61.4 cm³/mol. The summed E-state index contributed by atoms with van der Waals surface area (Å²) >= 11 is 0. The Labute approximate surface area is 95.5 Å². The molecular formula is C13H17NO2. The zero-order chi connectivity index (χ0) is 11.0. The van der Waals surface area contributed by atoms with Crippen molar-refractivity contribution in [1.82, 2.24) is 0 Å². The second-order valence-electron chi connectivity index (χ2n) is 4.66. The lowest BCUT2D eigenvalue weighted by molar-refractivity contribution is -0.105. The minimum atomic E-state index is -0.367. The molecular weight excluding hydrogens is 202 g/mol. The Hall–Kier alpha value is -1.22. The van der Waals surface area contributed by atoms with E-state index < -0.39 is 0 Å². The summed E-state index contributed by atoms with van der Waals surface area (Å²) in [6.45, 7) is 0.545. The fourth-order valence-corrected chi connectivity index (χ4v) is 2.56. The van der Waals surface area contributed by atoms with E-state index in [1.54, 1.807) is 0 Å². The van der Waals surface area contributed by atoms with Gasteiger partial charge in [-0.3, -0.25) is 0 Å². The molecule has 1 fully saturated rings. The Bertz CT molecular complexity index is 397. The van der Waals surface area contributed by atoms with Crippen molar-refractivity contribution in [3.63, 3.8) is 0 Å². The molecule has 0 saturated heterocycles. The number of benzene rings is 1. The summed E-state index contributed by atoms with van der Waals surface area (Å²) in [5.74, 6) is 1.37. The third-order valence-electron chi connectivity index (χ3n) is 3.45. The van der Waals surface area contributed by atoms with E-state index >= 15 is 0 Å². The van der Waals surface area contributed by atoms with E-state index in [0.29, 0.717) is 6.54 Å². The summed E-state index contributed by atoms with van der Waals surface area (Å²) in [5.41, 5.74) is 6.71. The lowest BCUT2D eigenvalue weighted by Gasteiger charge is -2.31. The van der Waals surface area contributed by atoms with Gasteiger partial charge in [-0.25, -0.2) is 0 Å². The fourth-order valence-electron chi connectivity index (χ4n) is 2.56. The Balaban J connectivity index is 1.87. The van der Waals surface area contributed by atoms with Gasteiger partial charge in [-0.15, -0.1) is 0 Å². The average molecular weight is 219 g/mol. The van der Waals surface area contributed by atoms with Crippen molar-refractivity contribution in [2.45, 2.75) is 44.4 Å². The zero-order valence-electron chi connectivity index (χ0n) is 9.37. The number of hydrogen-bond acceptors (Lipinski definition) is 3. The van der Waals surface area contributed by atoms with Gasteiger partial charge in [0, 0.05) is 19.4 Å². The van der Waals surface area contributed by atoms with Crippen molar-refractivity contribution in [2.75, 3.05) is 0 Å². The highest BCUT2D eigenvalue weighted by molar-refractivity contribution is 5.46. The molecule has 1 saturated carbocycles. The summed E-state index contributed by atoms with van der Waals surface area (Å²) in [7, 11) is 0. The van der Waals surface area contributed by atoms with Crippen LogP contribution in [0.15, 0.2) is 18.2 Å². The van der Waals surface area contributed by atoms with E-state index in [2.05, 4.69) is 0 Å². The normalized spacial score (nSPS) is 21.3. The Morgan fingerprint density at radius 3 is 2.56 bits per heavy atom. The average Bonchev–Trinajstić information content (AvgIpc) is 2.66. The number of fused-ring (bicyclic) bond motifs is 1. The molecule has 3 rings (SSSR count). The Morgan fingerprint density at radius 1 is 1.06 bits per heavy atom. The molecule has 2 N–H and O–H groups in total. The molecule has 0 unspecified atom stereocenters. The third-order valence-corrected chi connectivity index (χ3v) is 3.45. The van der Waals surface area contributed by atoms with Crippen LogP contribution in [-0.2, 0) is 6.54 Å². The number of rotatable bonds is 1. The zero-order valence-corrected chi connectivity index (χ0v) is 9.37. The molecule has 0 radical (unpaired) electrons. The summed E-state index contributed by atoms with van der Waals surface area (Å²) < 4.78 is 12.0. The lowest BCUT2D eigenvalue weighted by atomic mass is 9.94. The molecule has 1 spiro atoms. The standard InChI is InChI=1S/C13H17NO2/c14-9-10-4-5-11-12(8-10)16-13(15-11)6-2-1-3-7-13/h4-5,8H,1-3,6-7,9,14H2. The van der Waals surface area contributed by atoms with Gasteiger partial charge in [0.1, 0.15) is 0 Å². The topological polar surface area (TPSA) is 44.5 Å². The maximum atomic E-state index is 6.00. The maximum Gasteiger partial charge on any atom is 0.251 e. The first-order chi connectivity index (χ1) is 7.81. The molecule has 1 aliphatic carbocycles. The van der Waals surface area contributed by atoms with Gasteiger partial charge in [0.05, 0.1) is 0 Å². The van der Waals surface area contributed by atoms with Gasteiger partial charge in [0.15, 0.2) is 11.5 Å². The van der Waals surface area contributed by atoms with Gasteiger partial charge in [-0.05, 0) is 30.5 Å². The smallest absolute Gasteiger partial charge is 0.251 e. The molecule has 1 aromatic rings. The van der Waals surface area contributed by atoms with Crippen LogP contribution >= 0.6 is 0 Å². The number of hydrogen-bond donors (Lipinski definition) is 1. The molecule has 0 amide bonds. The molecule has 3 heteroatoms. The van der Waals surface area contributed by atoms with Gasteiger partial charge < -0.3 is 15.2 Å². The SMILES string of the molecule is NCc1ccc2c(c1)OC1(CCCCC1)O2. The van der Waals surface area contributed by atoms with Gasteiger partial charge in [0.2, 0.25) is 0 Å². The van der Waals surface area contributed by atoms with E-state index in [1.165, 1.54) is 19.3 Å². The first-order valence-electron chi connectivity index (χ1n) is 6.02. The number of nitrogens with two attached hydrogens (primary N) is 1. The van der Waals surface area contributed by atoms with E-state index in [4.69, 9.17) is 15.2 Å². The second-order valence-corrected chi connectivity index (χ2v) is 4.66. The van der Waals surface area contributed by atoms with Crippen molar-refractivity contribution >= 4 is 0 Å². The predicted octanol–water partition coefficient (Wildman–Crippen LogP) is 2.58. The first kappa shape index (κ1) is 9.97. The minimum absolute atomic E-state index is 0.367. The fraction of sp³-hybridized carbons (Fsp3) is 0.538. The highest BCUT2D eigenvalue weighted by atomic mass is 16.7. The van der Waals surface area contributed by atoms with Crippen molar-refractivity contribution in [2.24, 2.45) is 5.73 Å². The monoisotopic (exact) mass is 219 g/mol. The second kappa shape index (κ2) is 3.67. The van der Waals surface area contributed by atoms with Crippen LogP contribution in [0.3, 0.4) is 0 Å². The maximum absolute atomic E-state index is 6.00. The molecule has 1 aliphatic heterocycles. The van der Waals surface area contributed by atoms with Crippen LogP contribution in [0.2, 0.25) is 0 Å². The van der Waals surface area contributed by atoms with Crippen LogP contribution in [0.4, 0.5) is 0 Å². The molecule has 0 bridgehead atoms. The molecule has 16 heavy (non-hydrogen) atoms. The van der Waals surface area contributed by atoms with Crippen LogP contribution in [0.25, 0.3) is 0 Å². The van der Waals surface area contributed by atoms with Gasteiger partial charge in [-0.2, -0.15) is 0 Å². The van der Waals surface area contributed by atoms with Crippen molar-refractivity contribution < 1.29 is 9.47 Å². The largest absolute Gasteiger partial charge is 0.448 e. The summed E-state index contributed by atoms with van der Waals surface area (Å²) in [6, 6.07) is 5.98. The van der Waals surface area contributed by atoms with E-state index in [-0.39, 0.29) is 5.79 Å². The van der Waals surface area contributed by atoms with Gasteiger partial charge in [-0.1, -0.05) is 12.5 Å². The van der Waals surface area contributed by atoms with Gasteiger partial charge >= 0.3 is 0 Å². The summed E-state index contributed by atoms with van der Waals surface area (Å²) in [5, 5.41) is 0. The quantitative estimate of drug-likeness (QED) is 0.789. The molecule has 1 heterocycles. The van der Waals surface area contributed by atoms with Gasteiger partial charge in [0.25, 0.3) is 5.79 Å². The van der Waals surface area contributed by atoms with E-state index in [1.807, 2.05) is 18.2 Å². The van der Waals surface area contributed by atoms with E-state index in [0.717, 1.165) is 29.9 Å². The highest BCUT2D eigenvalue weighted by Gasteiger charge is 2.42. The summed E-state index contributed by atoms with van der Waals surface area (Å²) in [6.07, 6.45) is 5.67. The van der Waals surface area contributed by atoms with Crippen LogP contribution in [-0.4, -0.2) is 5.79 Å². The molecule has 0 aromatic heterocycles. The molecule has 86 valence electrons.